The van der Waals surface area contributed by atoms with Gasteiger partial charge in [0, 0.05) is 22.0 Å². The topological polar surface area (TPSA) is 20.3 Å². The highest BCUT2D eigenvalue weighted by Gasteiger charge is 2.37. The van der Waals surface area contributed by atoms with E-state index < -0.39 is 0 Å². The lowest BCUT2D eigenvalue weighted by Crippen LogP contribution is -2.47. The summed E-state index contributed by atoms with van der Waals surface area (Å²) >= 11 is 12.5. The Morgan fingerprint density at radius 3 is 2.42 bits per heavy atom. The molecule has 126 valence electrons. The molecule has 1 atom stereocenters. The molecule has 0 N–H and O–H groups in total. The number of hydrogen-bond donors (Lipinski definition) is 0. The van der Waals surface area contributed by atoms with E-state index in [9.17, 15) is 4.79 Å². The molecule has 0 aliphatic carbocycles. The molecule has 0 saturated carbocycles. The molecule has 1 aliphatic rings. The maximum Gasteiger partial charge on any atom is 0.227 e. The second-order valence-electron chi connectivity index (χ2n) is 7.05. The lowest BCUT2D eigenvalue weighted by atomic mass is 9.76. The van der Waals surface area contributed by atoms with Crippen molar-refractivity contribution < 1.29 is 4.79 Å². The van der Waals surface area contributed by atoms with Crippen LogP contribution in [-0.4, -0.2) is 17.4 Å². The van der Waals surface area contributed by atoms with Crippen molar-refractivity contribution in [2.24, 2.45) is 0 Å². The third kappa shape index (κ3) is 3.05. The summed E-state index contributed by atoms with van der Waals surface area (Å²) in [6.07, 6.45) is 0.223. The van der Waals surface area contributed by atoms with E-state index in [1.165, 1.54) is 11.1 Å². The molecular formula is C20H21Cl2NO. The normalized spacial score (nSPS) is 19.0. The summed E-state index contributed by atoms with van der Waals surface area (Å²) in [4.78, 5) is 14.9. The van der Waals surface area contributed by atoms with Gasteiger partial charge in [0.05, 0.1) is 12.5 Å². The van der Waals surface area contributed by atoms with Gasteiger partial charge in [0.15, 0.2) is 0 Å². The van der Waals surface area contributed by atoms with Crippen LogP contribution in [0, 0.1) is 0 Å². The van der Waals surface area contributed by atoms with Crippen LogP contribution in [-0.2, 0) is 16.6 Å². The van der Waals surface area contributed by atoms with Crippen LogP contribution >= 0.6 is 23.2 Å². The van der Waals surface area contributed by atoms with Crippen molar-refractivity contribution in [1.29, 1.82) is 0 Å². The van der Waals surface area contributed by atoms with Crippen LogP contribution in [0.3, 0.4) is 0 Å². The molecule has 4 heteroatoms. The second kappa shape index (κ2) is 6.42. The number of amides is 1. The number of fused-ring (bicyclic) bond motifs is 1. The Hall–Kier alpha value is -1.51. The van der Waals surface area contributed by atoms with Gasteiger partial charge < -0.3 is 4.90 Å². The highest BCUT2D eigenvalue weighted by Crippen LogP contribution is 2.39. The maximum absolute atomic E-state index is 13.0. The molecule has 0 aromatic heterocycles. The second-order valence-corrected chi connectivity index (χ2v) is 7.86. The average Bonchev–Trinajstić information content (AvgIpc) is 2.54. The lowest BCUT2D eigenvalue weighted by molar-refractivity contribution is -0.134. The van der Waals surface area contributed by atoms with Crippen molar-refractivity contribution in [3.63, 3.8) is 0 Å². The van der Waals surface area contributed by atoms with Crippen molar-refractivity contribution >= 4 is 29.1 Å². The molecule has 0 bridgehead atoms. The average molecular weight is 362 g/mol. The maximum atomic E-state index is 13.0. The van der Waals surface area contributed by atoms with Crippen molar-refractivity contribution in [3.05, 3.63) is 69.2 Å². The smallest absolute Gasteiger partial charge is 0.227 e. The summed E-state index contributed by atoms with van der Waals surface area (Å²) in [5.74, 6) is 0.0556. The molecule has 24 heavy (non-hydrogen) atoms. The Morgan fingerprint density at radius 1 is 1.12 bits per heavy atom. The van der Waals surface area contributed by atoms with Crippen molar-refractivity contribution in [1.82, 2.24) is 4.90 Å². The summed E-state index contributed by atoms with van der Waals surface area (Å²) in [5, 5.41) is 1.08. The van der Waals surface area contributed by atoms with E-state index in [4.69, 9.17) is 23.2 Å². The zero-order valence-corrected chi connectivity index (χ0v) is 15.7. The zero-order valence-electron chi connectivity index (χ0n) is 14.1. The third-order valence-corrected chi connectivity index (χ3v) is 5.59. The number of rotatable bonds is 2. The fraction of sp³-hybridized carbons (Fsp3) is 0.350. The van der Waals surface area contributed by atoms with E-state index in [-0.39, 0.29) is 23.8 Å². The van der Waals surface area contributed by atoms with E-state index in [1.807, 2.05) is 11.0 Å². The zero-order chi connectivity index (χ0) is 17.5. The Morgan fingerprint density at radius 2 is 1.75 bits per heavy atom. The van der Waals surface area contributed by atoms with Crippen LogP contribution in [0.4, 0.5) is 0 Å². The van der Waals surface area contributed by atoms with Gasteiger partial charge in [0.25, 0.3) is 0 Å². The van der Waals surface area contributed by atoms with E-state index in [0.29, 0.717) is 22.2 Å². The van der Waals surface area contributed by atoms with Crippen LogP contribution in [0.1, 0.15) is 43.5 Å². The van der Waals surface area contributed by atoms with Crippen LogP contribution in [0.2, 0.25) is 10.0 Å². The van der Waals surface area contributed by atoms with Crippen LogP contribution in [0.15, 0.2) is 42.5 Å². The van der Waals surface area contributed by atoms with E-state index in [2.05, 4.69) is 39.0 Å². The Kier molecular flexibility index (Phi) is 4.63. The van der Waals surface area contributed by atoms with Gasteiger partial charge in [-0.05, 0) is 35.7 Å². The number of carbonyl (C=O) groups excluding carboxylic acids is 1. The van der Waals surface area contributed by atoms with E-state index in [0.717, 1.165) is 0 Å². The highest BCUT2D eigenvalue weighted by atomic mass is 35.5. The molecule has 0 fully saturated rings. The van der Waals surface area contributed by atoms with E-state index in [1.54, 1.807) is 18.2 Å². The summed E-state index contributed by atoms with van der Waals surface area (Å²) in [5.41, 5.74) is 3.16. The lowest BCUT2D eigenvalue weighted by Gasteiger charge is -2.44. The number of benzene rings is 2. The van der Waals surface area contributed by atoms with Crippen LogP contribution < -0.4 is 0 Å². The minimum absolute atomic E-state index is 0.0444. The van der Waals surface area contributed by atoms with Gasteiger partial charge in [0.1, 0.15) is 0 Å². The first kappa shape index (κ1) is 17.3. The minimum atomic E-state index is -0.0803. The first-order valence-electron chi connectivity index (χ1n) is 8.13. The standard InChI is InChI=1S/C20H21Cl2NO/c1-13-14-7-4-5-8-16(14)20(2,3)12-23(13)19(24)11-15-17(21)9-6-10-18(15)22/h4-10,13H,11-12H2,1-3H3. The van der Waals surface area contributed by atoms with Gasteiger partial charge in [-0.2, -0.15) is 0 Å². The Bertz CT molecular complexity index is 765. The first-order chi connectivity index (χ1) is 11.3. The number of nitrogens with zero attached hydrogens (tertiary/aromatic N) is 1. The Labute approximate surface area is 153 Å². The summed E-state index contributed by atoms with van der Waals surface area (Å²) < 4.78 is 0. The van der Waals surface area contributed by atoms with Crippen molar-refractivity contribution in [3.8, 4) is 0 Å². The quantitative estimate of drug-likeness (QED) is 0.699. The number of carbonyl (C=O) groups is 1. The molecule has 2 aromatic carbocycles. The Balaban J connectivity index is 1.92. The molecule has 0 saturated heterocycles. The molecule has 0 spiro atoms. The molecule has 0 radical (unpaired) electrons. The van der Waals surface area contributed by atoms with Gasteiger partial charge in [-0.1, -0.05) is 67.4 Å². The van der Waals surface area contributed by atoms with Gasteiger partial charge in [-0.15, -0.1) is 0 Å². The monoisotopic (exact) mass is 361 g/mol. The van der Waals surface area contributed by atoms with Crippen molar-refractivity contribution in [2.75, 3.05) is 6.54 Å². The molecule has 1 heterocycles. The van der Waals surface area contributed by atoms with Gasteiger partial charge in [-0.3, -0.25) is 4.79 Å². The largest absolute Gasteiger partial charge is 0.335 e. The summed E-state index contributed by atoms with van der Waals surface area (Å²) in [6, 6.07) is 13.8. The summed E-state index contributed by atoms with van der Waals surface area (Å²) in [7, 11) is 0. The predicted octanol–water partition coefficient (Wildman–Crippen LogP) is 5.42. The predicted molar refractivity (Wildman–Crippen MR) is 99.8 cm³/mol. The fourth-order valence-electron chi connectivity index (χ4n) is 3.55. The summed E-state index contributed by atoms with van der Waals surface area (Å²) in [6.45, 7) is 7.13. The fourth-order valence-corrected chi connectivity index (χ4v) is 4.08. The van der Waals surface area contributed by atoms with Crippen LogP contribution in [0.25, 0.3) is 0 Å². The number of hydrogen-bond acceptors (Lipinski definition) is 1. The van der Waals surface area contributed by atoms with Crippen LogP contribution in [0.5, 0.6) is 0 Å². The third-order valence-electron chi connectivity index (χ3n) is 4.88. The van der Waals surface area contributed by atoms with Crippen molar-refractivity contribution in [2.45, 2.75) is 38.6 Å². The molecular weight excluding hydrogens is 341 g/mol. The SMILES string of the molecule is CC1c2ccccc2C(C)(C)CN1C(=O)Cc1c(Cl)cccc1Cl. The first-order valence-corrected chi connectivity index (χ1v) is 8.88. The molecule has 2 aromatic rings. The van der Waals surface area contributed by atoms with Gasteiger partial charge in [0.2, 0.25) is 5.91 Å². The molecule has 1 aliphatic heterocycles. The van der Waals surface area contributed by atoms with Gasteiger partial charge in [-0.25, -0.2) is 0 Å². The highest BCUT2D eigenvalue weighted by molar-refractivity contribution is 6.36. The van der Waals surface area contributed by atoms with Gasteiger partial charge >= 0.3 is 0 Å². The molecule has 3 rings (SSSR count). The molecule has 2 nitrogen and oxygen atoms in total. The van der Waals surface area contributed by atoms with E-state index >= 15 is 0 Å². The number of halogens is 2. The minimum Gasteiger partial charge on any atom is -0.335 e. The molecule has 1 amide bonds. The molecule has 1 unspecified atom stereocenters.